The van der Waals surface area contributed by atoms with E-state index in [1.807, 2.05) is 0 Å². The van der Waals surface area contributed by atoms with Crippen LogP contribution in [0.1, 0.15) is 20.8 Å². The van der Waals surface area contributed by atoms with E-state index >= 15 is 0 Å². The minimum Gasteiger partial charge on any atom is -0.383 e. The molecule has 1 atom stereocenters. The number of hydrogen-bond acceptors (Lipinski definition) is 4. The number of hydrogen-bond donors (Lipinski definition) is 1. The summed E-state index contributed by atoms with van der Waals surface area (Å²) >= 11 is 0. The summed E-state index contributed by atoms with van der Waals surface area (Å²) in [6.07, 6.45) is 0. The Morgan fingerprint density at radius 3 is 2.88 bits per heavy atom. The lowest BCUT2D eigenvalue weighted by Gasteiger charge is -2.41. The Hall–Kier alpha value is -0.160. The Balaban J connectivity index is 2.22. The van der Waals surface area contributed by atoms with Crippen LogP contribution in [0.25, 0.3) is 0 Å². The fourth-order valence-corrected chi connectivity index (χ4v) is 2.04. The van der Waals surface area contributed by atoms with Crippen molar-refractivity contribution in [1.82, 2.24) is 10.2 Å². The maximum Gasteiger partial charge on any atom is 0.0753 e. The van der Waals surface area contributed by atoms with Gasteiger partial charge in [-0.2, -0.15) is 0 Å². The molecule has 0 radical (unpaired) electrons. The summed E-state index contributed by atoms with van der Waals surface area (Å²) < 4.78 is 10.7. The molecule has 1 saturated heterocycles. The molecular weight excluding hydrogens is 204 g/mol. The molecule has 1 heterocycles. The van der Waals surface area contributed by atoms with Crippen molar-refractivity contribution in [3.8, 4) is 0 Å². The van der Waals surface area contributed by atoms with E-state index < -0.39 is 0 Å². The highest BCUT2D eigenvalue weighted by Gasteiger charge is 2.29. The fourth-order valence-electron chi connectivity index (χ4n) is 2.04. The van der Waals surface area contributed by atoms with Gasteiger partial charge >= 0.3 is 0 Å². The zero-order valence-corrected chi connectivity index (χ0v) is 11.1. The van der Waals surface area contributed by atoms with Crippen LogP contribution >= 0.6 is 0 Å². The predicted molar refractivity (Wildman–Crippen MR) is 65.8 cm³/mol. The maximum absolute atomic E-state index is 5.71. The van der Waals surface area contributed by atoms with Crippen molar-refractivity contribution < 1.29 is 9.47 Å². The molecule has 0 aromatic rings. The van der Waals surface area contributed by atoms with Crippen LogP contribution in [0.3, 0.4) is 0 Å². The molecule has 1 aliphatic heterocycles. The number of methoxy groups -OCH3 is 1. The number of nitrogens with zero attached hydrogens (tertiary/aromatic N) is 1. The van der Waals surface area contributed by atoms with E-state index in [-0.39, 0.29) is 5.60 Å². The van der Waals surface area contributed by atoms with Gasteiger partial charge in [-0.15, -0.1) is 0 Å². The van der Waals surface area contributed by atoms with Gasteiger partial charge < -0.3 is 14.8 Å². The summed E-state index contributed by atoms with van der Waals surface area (Å²) in [5, 5.41) is 3.40. The number of nitrogens with one attached hydrogen (secondary N) is 1. The van der Waals surface area contributed by atoms with Crippen LogP contribution < -0.4 is 5.32 Å². The summed E-state index contributed by atoms with van der Waals surface area (Å²) in [7, 11) is 1.73. The molecule has 1 fully saturated rings. The Bertz CT molecular complexity index is 197. The van der Waals surface area contributed by atoms with Gasteiger partial charge in [0.1, 0.15) is 0 Å². The monoisotopic (exact) mass is 230 g/mol. The lowest BCUT2D eigenvalue weighted by atomic mass is 10.1. The van der Waals surface area contributed by atoms with Gasteiger partial charge in [-0.25, -0.2) is 0 Å². The third-order valence-corrected chi connectivity index (χ3v) is 3.00. The van der Waals surface area contributed by atoms with Gasteiger partial charge in [-0.1, -0.05) is 0 Å². The first kappa shape index (κ1) is 13.9. The van der Waals surface area contributed by atoms with Crippen LogP contribution in [0.15, 0.2) is 0 Å². The van der Waals surface area contributed by atoms with E-state index in [0.717, 1.165) is 39.4 Å². The third-order valence-electron chi connectivity index (χ3n) is 3.00. The van der Waals surface area contributed by atoms with Gasteiger partial charge in [-0.3, -0.25) is 4.90 Å². The molecule has 4 heteroatoms. The van der Waals surface area contributed by atoms with Gasteiger partial charge in [0.2, 0.25) is 0 Å². The van der Waals surface area contributed by atoms with Gasteiger partial charge in [0.25, 0.3) is 0 Å². The molecule has 1 aliphatic rings. The molecule has 0 saturated carbocycles. The van der Waals surface area contributed by atoms with E-state index in [2.05, 4.69) is 31.0 Å². The van der Waals surface area contributed by atoms with E-state index in [1.165, 1.54) is 0 Å². The summed E-state index contributed by atoms with van der Waals surface area (Å²) in [4.78, 5) is 2.49. The molecule has 0 aliphatic carbocycles. The van der Waals surface area contributed by atoms with Crippen molar-refractivity contribution in [3.63, 3.8) is 0 Å². The van der Waals surface area contributed by atoms with Gasteiger partial charge in [0, 0.05) is 39.3 Å². The summed E-state index contributed by atoms with van der Waals surface area (Å²) in [6.45, 7) is 12.2. The summed E-state index contributed by atoms with van der Waals surface area (Å²) in [5.41, 5.74) is -0.000953. The molecule has 96 valence electrons. The minimum atomic E-state index is -0.000953. The average Bonchev–Trinajstić information content (AvgIpc) is 2.22. The Labute approximate surface area is 99.3 Å². The Morgan fingerprint density at radius 2 is 2.25 bits per heavy atom. The molecule has 0 spiro atoms. The van der Waals surface area contributed by atoms with Crippen LogP contribution in [0.2, 0.25) is 0 Å². The van der Waals surface area contributed by atoms with E-state index in [4.69, 9.17) is 9.47 Å². The van der Waals surface area contributed by atoms with Crippen molar-refractivity contribution >= 4 is 0 Å². The second-order valence-electron chi connectivity index (χ2n) is 5.12. The maximum atomic E-state index is 5.71. The highest BCUT2D eigenvalue weighted by atomic mass is 16.5. The van der Waals surface area contributed by atoms with E-state index in [0.29, 0.717) is 6.04 Å². The van der Waals surface area contributed by atoms with E-state index in [1.54, 1.807) is 7.11 Å². The highest BCUT2D eigenvalue weighted by molar-refractivity contribution is 4.82. The fraction of sp³-hybridized carbons (Fsp3) is 1.00. The molecule has 0 aromatic carbocycles. The molecule has 0 aromatic heterocycles. The van der Waals surface area contributed by atoms with Gasteiger partial charge in [0.15, 0.2) is 0 Å². The smallest absolute Gasteiger partial charge is 0.0753 e. The van der Waals surface area contributed by atoms with Crippen LogP contribution in [0.5, 0.6) is 0 Å². The lowest BCUT2D eigenvalue weighted by Crippen LogP contribution is -2.53. The second kappa shape index (κ2) is 6.55. The van der Waals surface area contributed by atoms with Gasteiger partial charge in [0.05, 0.1) is 18.8 Å². The quantitative estimate of drug-likeness (QED) is 0.682. The van der Waals surface area contributed by atoms with Crippen LogP contribution in [0.4, 0.5) is 0 Å². The molecule has 1 unspecified atom stereocenters. The SMILES string of the molecule is COCCNCC(C)N1CCOC(C)(C)C1. The van der Waals surface area contributed by atoms with E-state index in [9.17, 15) is 0 Å². The number of morpholine rings is 1. The summed E-state index contributed by atoms with van der Waals surface area (Å²) in [5.74, 6) is 0. The molecule has 4 nitrogen and oxygen atoms in total. The Morgan fingerprint density at radius 1 is 1.50 bits per heavy atom. The second-order valence-corrected chi connectivity index (χ2v) is 5.12. The average molecular weight is 230 g/mol. The normalized spacial score (nSPS) is 23.2. The molecule has 0 amide bonds. The van der Waals surface area contributed by atoms with Crippen LogP contribution in [-0.2, 0) is 9.47 Å². The first-order chi connectivity index (χ1) is 7.55. The summed E-state index contributed by atoms with van der Waals surface area (Å²) in [6, 6.07) is 0.556. The van der Waals surface area contributed by atoms with Crippen molar-refractivity contribution in [2.24, 2.45) is 0 Å². The largest absolute Gasteiger partial charge is 0.383 e. The molecular formula is C12H26N2O2. The first-order valence-electron chi connectivity index (χ1n) is 6.13. The Kier molecular flexibility index (Phi) is 5.69. The van der Waals surface area contributed by atoms with Crippen LogP contribution in [0, 0.1) is 0 Å². The topological polar surface area (TPSA) is 33.7 Å². The van der Waals surface area contributed by atoms with Crippen molar-refractivity contribution in [1.29, 1.82) is 0 Å². The third kappa shape index (κ3) is 4.78. The molecule has 1 rings (SSSR count). The number of rotatable bonds is 6. The van der Waals surface area contributed by atoms with Crippen molar-refractivity contribution in [2.45, 2.75) is 32.4 Å². The lowest BCUT2D eigenvalue weighted by molar-refractivity contribution is -0.0950. The predicted octanol–water partition coefficient (Wildman–Crippen LogP) is 0.722. The molecule has 0 bridgehead atoms. The van der Waals surface area contributed by atoms with Gasteiger partial charge in [-0.05, 0) is 20.8 Å². The first-order valence-corrected chi connectivity index (χ1v) is 6.13. The molecule has 16 heavy (non-hydrogen) atoms. The zero-order chi connectivity index (χ0) is 12.0. The highest BCUT2D eigenvalue weighted by Crippen LogP contribution is 2.17. The molecule has 1 N–H and O–H groups in total. The standard InChI is InChI=1S/C12H26N2O2/c1-11(9-13-5-7-15-4)14-6-8-16-12(2,3)10-14/h11,13H,5-10H2,1-4H3. The zero-order valence-electron chi connectivity index (χ0n) is 11.1. The minimum absolute atomic E-state index is 0.000953. The number of ether oxygens (including phenoxy) is 2. The van der Waals surface area contributed by atoms with Crippen LogP contribution in [-0.4, -0.2) is 63.0 Å². The van der Waals surface area contributed by atoms with Crippen molar-refractivity contribution in [2.75, 3.05) is 46.5 Å². The van der Waals surface area contributed by atoms with Crippen molar-refractivity contribution in [3.05, 3.63) is 0 Å².